The van der Waals surface area contributed by atoms with Crippen molar-refractivity contribution in [2.24, 2.45) is 26.8 Å². The fraction of sp³-hybridized carbons (Fsp3) is 0.490. The zero-order valence-electron chi connectivity index (χ0n) is 52.2. The van der Waals surface area contributed by atoms with Crippen molar-refractivity contribution in [2.45, 2.75) is 65.6 Å². The molecule has 0 saturated carbocycles. The van der Waals surface area contributed by atoms with Crippen molar-refractivity contribution < 1.29 is 116 Å². The van der Waals surface area contributed by atoms with Crippen LogP contribution in [0.25, 0.3) is 31.3 Å². The minimum atomic E-state index is -3.56. The van der Waals surface area contributed by atoms with Gasteiger partial charge in [0.05, 0.1) is 53.6 Å². The van der Waals surface area contributed by atoms with Crippen molar-refractivity contribution in [1.82, 2.24) is 16.0 Å². The SMILES string of the molecule is CS(=O)(=O)c1ccc([C@@H](O)[C@@H](CO)NC(=O)C(Cl)Cl)cc1.CS(=O)(=O)c1ccc([C@@H](OC(=O)OCCN)[C@@H](COC(=O)OCCN)NC(=O)C(Cl)Cl)cc1.CS(=O)(=O)c1ccc([C@@H](OC(=O)OCCN=[N+]=[N-])[C@@H](COC(=O)OCCN=[N+]=[N-])NC(=O)C(Cl)Cl)cc1.[N-]=[N+]=NCCOC(=O)Cl. The minimum absolute atomic E-state index is 0.000475. The number of sulfone groups is 3. The monoisotopic (exact) mass is 1610 g/mol. The summed E-state index contributed by atoms with van der Waals surface area (Å²) in [7, 11) is -10.4. The molecule has 3 amide bonds. The van der Waals surface area contributed by atoms with Crippen LogP contribution in [0.15, 0.2) is 103 Å². The molecular weight excluding hydrogens is 1550 g/mol. The number of ether oxygens (including phenoxy) is 9. The summed E-state index contributed by atoms with van der Waals surface area (Å²) in [6, 6.07) is 12.2. The maximum Gasteiger partial charge on any atom is 0.509 e. The number of alkyl halides is 6. The number of azide groups is 3. The summed E-state index contributed by atoms with van der Waals surface area (Å²) in [5.41, 5.74) is 34.6. The number of nitrogens with zero attached hydrogens (tertiary/aromatic N) is 9. The zero-order valence-corrected chi connectivity index (χ0v) is 59.9. The average Bonchev–Trinajstić information content (AvgIpc) is 0.838. The molecule has 0 aliphatic carbocycles. The van der Waals surface area contributed by atoms with E-state index in [4.69, 9.17) is 147 Å². The fourth-order valence-electron chi connectivity index (χ4n) is 6.69. The third kappa shape index (κ3) is 39.9. The van der Waals surface area contributed by atoms with Crippen LogP contribution >= 0.6 is 81.2 Å². The Hall–Kier alpha value is -7.73. The molecule has 0 spiro atoms. The third-order valence-electron chi connectivity index (χ3n) is 11.1. The first-order valence-corrected chi connectivity index (χ1v) is 36.0. The van der Waals surface area contributed by atoms with E-state index in [0.29, 0.717) is 5.56 Å². The Balaban J connectivity index is 0.00000142. The normalized spacial score (nSPS) is 12.6. The fourth-order valence-corrected chi connectivity index (χ4v) is 9.04. The minimum Gasteiger partial charge on any atom is -0.454 e. The highest BCUT2D eigenvalue weighted by atomic mass is 35.5. The van der Waals surface area contributed by atoms with E-state index in [1.807, 2.05) is 0 Å². The second kappa shape index (κ2) is 49.7. The topological polar surface area (TPSA) is 597 Å². The van der Waals surface area contributed by atoms with E-state index in [1.54, 1.807) is 0 Å². The van der Waals surface area contributed by atoms with Crippen LogP contribution in [0, 0.1) is 0 Å². The molecule has 49 heteroatoms. The molecule has 100 heavy (non-hydrogen) atoms. The van der Waals surface area contributed by atoms with Gasteiger partial charge < -0.3 is 80.3 Å². The van der Waals surface area contributed by atoms with E-state index in [-0.39, 0.29) is 91.6 Å². The van der Waals surface area contributed by atoms with Gasteiger partial charge in [-0.15, -0.1) is 0 Å². The first-order valence-electron chi connectivity index (χ1n) is 27.4. The van der Waals surface area contributed by atoms with Crippen LogP contribution in [0.4, 0.5) is 24.0 Å². The van der Waals surface area contributed by atoms with Crippen molar-refractivity contribution in [1.29, 1.82) is 0 Å². The number of carbonyl (C=O) groups excluding carboxylic acids is 8. The molecule has 9 N–H and O–H groups in total. The standard InChI is InChI=1S/C18H21Cl2N7O9S.C18H25Cl2N3O9S.C12H15Cl2NO5S.C3H4ClN3O2/c1-37(31,32)12-4-2-11(3-5-12)14(36-18(30)34-9-7-24-27-22)13(25-16(28)15(19)20)10-35-17(29)33-8-6-23-26-21;1-33(27,28)12-4-2-11(3-5-12)14(32-18(26)30-9-7-22)13(23-16(24)15(19)20)10-31-17(25)29-8-6-21;1-21(19,20)8-4-2-7(3-5-8)10(17)9(6-16)15-12(18)11(13)14;4-3(8)9-2-1-6-7-5/h2-5,13-15H,6-10H2,1H3,(H,25,28);2-5,13-15H,6-10,21-22H2,1H3,(H,23,24);2-5,9-11,16-17H,6H2,1H3,(H,15,18);1-2H2/t2*13-,14-;9-,10-;/m111./s1. The predicted molar refractivity (Wildman–Crippen MR) is 355 cm³/mol. The van der Waals surface area contributed by atoms with Gasteiger partial charge in [0.1, 0.15) is 57.8 Å². The van der Waals surface area contributed by atoms with E-state index >= 15 is 0 Å². The van der Waals surface area contributed by atoms with Gasteiger partial charge in [-0.25, -0.2) is 49.2 Å². The van der Waals surface area contributed by atoms with Gasteiger partial charge in [0.25, 0.3) is 17.7 Å². The molecule has 3 rings (SSSR count). The number of hydrogen-bond donors (Lipinski definition) is 7. The Labute approximate surface area is 604 Å². The largest absolute Gasteiger partial charge is 0.509 e. The number of nitrogens with one attached hydrogen (secondary N) is 3. The lowest BCUT2D eigenvalue weighted by molar-refractivity contribution is -0.122. The molecule has 3 aromatic carbocycles. The molecule has 0 heterocycles. The molecule has 6 atom stereocenters. The van der Waals surface area contributed by atoms with Crippen LogP contribution in [0.5, 0.6) is 0 Å². The molecular formula is C51H65Cl7N14O25S3. The van der Waals surface area contributed by atoms with Crippen molar-refractivity contribution in [3.05, 3.63) is 121 Å². The summed E-state index contributed by atoms with van der Waals surface area (Å²) in [6.07, 6.45) is -5.60. The van der Waals surface area contributed by atoms with E-state index in [2.05, 4.69) is 50.8 Å². The van der Waals surface area contributed by atoms with Gasteiger partial charge in [-0.1, -0.05) is 121 Å². The number of amides is 3. The van der Waals surface area contributed by atoms with Crippen molar-refractivity contribution in [3.8, 4) is 0 Å². The van der Waals surface area contributed by atoms with E-state index < -0.39 is 148 Å². The lowest BCUT2D eigenvalue weighted by Crippen LogP contribution is -2.46. The summed E-state index contributed by atoms with van der Waals surface area (Å²) in [6.45, 7) is -2.73. The summed E-state index contributed by atoms with van der Waals surface area (Å²) in [5.74, 6) is -2.56. The molecule has 0 bridgehead atoms. The Morgan fingerprint density at radius 2 is 0.740 bits per heavy atom. The second-order valence-electron chi connectivity index (χ2n) is 18.5. The van der Waals surface area contributed by atoms with Crippen molar-refractivity contribution in [2.75, 3.05) is 104 Å². The number of nitrogens with two attached hydrogens (primary N) is 2. The van der Waals surface area contributed by atoms with Crippen LogP contribution in [0.3, 0.4) is 0 Å². The molecule has 0 radical (unpaired) electrons. The molecule has 39 nitrogen and oxygen atoms in total. The van der Waals surface area contributed by atoms with E-state index in [1.165, 1.54) is 72.8 Å². The van der Waals surface area contributed by atoms with Gasteiger partial charge in [0, 0.05) is 58.2 Å². The maximum absolute atomic E-state index is 12.3. The molecule has 0 fully saturated rings. The first-order chi connectivity index (χ1) is 46.9. The maximum atomic E-state index is 12.3. The number of benzene rings is 3. The number of aliphatic hydroxyl groups is 2. The number of carbonyl (C=O) groups is 8. The van der Waals surface area contributed by atoms with Crippen molar-refractivity contribution >= 4 is 158 Å². The van der Waals surface area contributed by atoms with E-state index in [9.17, 15) is 73.8 Å². The van der Waals surface area contributed by atoms with Crippen LogP contribution < -0.4 is 27.4 Å². The molecule has 3 aromatic rings. The number of rotatable bonds is 35. The highest BCUT2D eigenvalue weighted by molar-refractivity contribution is 7.91. The lowest BCUT2D eigenvalue weighted by Gasteiger charge is -2.28. The van der Waals surface area contributed by atoms with Crippen LogP contribution in [-0.4, -0.2) is 220 Å². The van der Waals surface area contributed by atoms with Gasteiger partial charge in [0.2, 0.25) is 0 Å². The molecule has 0 unspecified atom stereocenters. The Kier molecular flexibility index (Phi) is 45.9. The van der Waals surface area contributed by atoms with Gasteiger partial charge >= 0.3 is 30.0 Å². The summed E-state index contributed by atoms with van der Waals surface area (Å²) >= 11 is 37.9. The quantitative estimate of drug-likeness (QED) is 0.00513. The molecule has 0 aliphatic rings. The van der Waals surface area contributed by atoms with Crippen molar-refractivity contribution in [3.63, 3.8) is 0 Å². The van der Waals surface area contributed by atoms with Crippen LogP contribution in [0.2, 0.25) is 0 Å². The Bertz CT molecular complexity index is 3620. The first kappa shape index (κ1) is 92.3. The Morgan fingerprint density at radius 3 is 1.02 bits per heavy atom. The Morgan fingerprint density at radius 1 is 0.460 bits per heavy atom. The smallest absolute Gasteiger partial charge is 0.454 e. The van der Waals surface area contributed by atoms with E-state index in [0.717, 1.165) is 18.8 Å². The highest BCUT2D eigenvalue weighted by Gasteiger charge is 2.35. The van der Waals surface area contributed by atoms with Crippen LogP contribution in [0.1, 0.15) is 35.0 Å². The second-order valence-corrected chi connectivity index (χ2v) is 28.2. The van der Waals surface area contributed by atoms with Gasteiger partial charge in [-0.2, -0.15) is 0 Å². The number of aliphatic hydroxyl groups excluding tert-OH is 2. The van der Waals surface area contributed by atoms with Gasteiger partial charge in [0.15, 0.2) is 56.2 Å². The predicted octanol–water partition coefficient (Wildman–Crippen LogP) is 6.07. The summed E-state index contributed by atoms with van der Waals surface area (Å²) < 4.78 is 114. The summed E-state index contributed by atoms with van der Waals surface area (Å²) in [5, 5.41) is 35.8. The van der Waals surface area contributed by atoms with Crippen LogP contribution in [-0.2, 0) is 86.5 Å². The third-order valence-corrected chi connectivity index (χ3v) is 15.8. The molecule has 0 aromatic heterocycles. The number of halogens is 7. The highest BCUT2D eigenvalue weighted by Crippen LogP contribution is 2.28. The summed E-state index contributed by atoms with van der Waals surface area (Å²) in [4.78, 5) is 96.6. The lowest BCUT2D eigenvalue weighted by atomic mass is 10.0. The molecule has 0 aliphatic heterocycles. The van der Waals surface area contributed by atoms with Gasteiger partial charge in [-0.05, 0) is 69.7 Å². The number of hydrogen-bond acceptors (Lipinski definition) is 30. The molecule has 0 saturated heterocycles. The van der Waals surface area contributed by atoms with Gasteiger partial charge in [-0.3, -0.25) is 14.4 Å². The molecule has 556 valence electrons. The zero-order chi connectivity index (χ0) is 76.2. The average molecular weight is 1620 g/mol.